The molecule has 0 aromatic heterocycles. The number of nitrogens with zero attached hydrogens (tertiary/aromatic N) is 2. The van der Waals surface area contributed by atoms with Crippen molar-refractivity contribution in [2.24, 2.45) is 5.73 Å². The minimum atomic E-state index is -4.98. The maximum atomic E-state index is 13.2. The lowest BCUT2D eigenvalue weighted by Crippen LogP contribution is -2.49. The number of ether oxygens (including phenoxy) is 2. The number of hydrogen-bond acceptors (Lipinski definition) is 8. The lowest BCUT2D eigenvalue weighted by atomic mass is 9.96. The number of amides is 4. The van der Waals surface area contributed by atoms with Gasteiger partial charge in [0.2, 0.25) is 11.8 Å². The van der Waals surface area contributed by atoms with Crippen molar-refractivity contribution in [2.75, 3.05) is 21.7 Å². The fraction of sp³-hybridized carbons (Fsp3) is 0.340. The van der Waals surface area contributed by atoms with Gasteiger partial charge in [0.05, 0.1) is 15.7 Å². The average molecular weight is 1010 g/mol. The summed E-state index contributed by atoms with van der Waals surface area (Å²) in [7, 11) is 0. The van der Waals surface area contributed by atoms with Crippen LogP contribution >= 0.6 is 23.2 Å². The van der Waals surface area contributed by atoms with Gasteiger partial charge in [-0.25, -0.2) is 13.6 Å². The van der Waals surface area contributed by atoms with Gasteiger partial charge in [-0.15, -0.1) is 26.3 Å². The van der Waals surface area contributed by atoms with Crippen molar-refractivity contribution >= 4 is 75.9 Å². The van der Waals surface area contributed by atoms with Crippen molar-refractivity contribution < 1.29 is 59.0 Å². The molecule has 12 nitrogen and oxygen atoms in total. The molecule has 4 aliphatic heterocycles. The van der Waals surface area contributed by atoms with Crippen LogP contribution in [0.4, 0.5) is 62.7 Å². The Labute approximate surface area is 400 Å². The molecule has 0 radical (unpaired) electrons. The number of nitrogens with one attached hydrogen (secondary N) is 3. The largest absolute Gasteiger partial charge is 0.573 e. The van der Waals surface area contributed by atoms with Crippen LogP contribution in [0.25, 0.3) is 12.2 Å². The van der Waals surface area contributed by atoms with Gasteiger partial charge in [-0.3, -0.25) is 9.59 Å². The van der Waals surface area contributed by atoms with Gasteiger partial charge in [0, 0.05) is 76.6 Å². The number of carbonyl (C=O) groups excluding carboxylic acids is 3. The number of piperidine rings is 2. The Kier molecular flexibility index (Phi) is 15.4. The molecular weight excluding hydrogens is 965 g/mol. The minimum absolute atomic E-state index is 0.0172. The van der Waals surface area contributed by atoms with E-state index in [2.05, 4.69) is 25.4 Å². The maximum Gasteiger partial charge on any atom is 0.573 e. The van der Waals surface area contributed by atoms with Crippen molar-refractivity contribution in [3.05, 3.63) is 118 Å². The third-order valence-corrected chi connectivity index (χ3v) is 12.8. The molecule has 0 saturated carbocycles. The molecule has 4 heterocycles. The molecule has 2 unspecified atom stereocenters. The first-order valence-electron chi connectivity index (χ1n) is 21.6. The van der Waals surface area contributed by atoms with Gasteiger partial charge >= 0.3 is 18.8 Å². The van der Waals surface area contributed by atoms with E-state index in [9.17, 15) is 49.5 Å². The summed E-state index contributed by atoms with van der Waals surface area (Å²) in [5, 5.41) is 8.40. The zero-order valence-electron chi connectivity index (χ0n) is 36.2. The first-order valence-corrected chi connectivity index (χ1v) is 22.4. The van der Waals surface area contributed by atoms with Crippen LogP contribution in [0.5, 0.6) is 11.5 Å². The number of fused-ring (bicyclic) bond motifs is 4. The van der Waals surface area contributed by atoms with Crippen LogP contribution in [0.2, 0.25) is 10.0 Å². The number of nitrogens with two attached hydrogens (primary N) is 2. The molecule has 4 saturated heterocycles. The molecular formula is C47H45Cl2F8N7O5. The molecule has 6 atom stereocenters. The van der Waals surface area contributed by atoms with E-state index in [4.69, 9.17) is 34.7 Å². The number of benzene rings is 4. The van der Waals surface area contributed by atoms with Crippen molar-refractivity contribution in [3.63, 3.8) is 0 Å². The SMILES string of the molecule is NC(=O)Nc1cc(Cl)c(OC(F)(F)F)cc1/C=C/C(=O)N1[C@@H]2CC[C@H]1CC(Nc1ccc(F)cc1)C2.Nc1cc(Cl)c(OC(F)(F)F)cc1/C=C/C(=O)N1[C@@H]2CC[C@H]1CC(Nc1ccc(F)cc1)C2. The fourth-order valence-corrected chi connectivity index (χ4v) is 9.86. The molecule has 4 aromatic carbocycles. The zero-order chi connectivity index (χ0) is 49.8. The van der Waals surface area contributed by atoms with E-state index >= 15 is 0 Å². The predicted octanol–water partition coefficient (Wildman–Crippen LogP) is 11.1. The van der Waals surface area contributed by atoms with Crippen LogP contribution in [-0.2, 0) is 9.59 Å². The van der Waals surface area contributed by atoms with Crippen LogP contribution in [0, 0.1) is 11.6 Å². The Morgan fingerprint density at radius 2 is 0.986 bits per heavy atom. The zero-order valence-corrected chi connectivity index (χ0v) is 37.7. The van der Waals surface area contributed by atoms with Crippen LogP contribution in [-0.4, -0.2) is 76.6 Å². The Bertz CT molecular complexity index is 2560. The number of anilines is 4. The number of alkyl halides is 6. The number of rotatable bonds is 11. The van der Waals surface area contributed by atoms with Gasteiger partial charge in [0.1, 0.15) is 23.1 Å². The normalized spacial score (nSPS) is 22.0. The molecule has 8 rings (SSSR count). The summed E-state index contributed by atoms with van der Waals surface area (Å²) in [6, 6.07) is 15.9. The predicted molar refractivity (Wildman–Crippen MR) is 245 cm³/mol. The third-order valence-electron chi connectivity index (χ3n) is 12.2. The highest BCUT2D eigenvalue weighted by molar-refractivity contribution is 6.33. The molecule has 0 aliphatic carbocycles. The summed E-state index contributed by atoms with van der Waals surface area (Å²) in [5.41, 5.74) is 13.1. The lowest BCUT2D eigenvalue weighted by Gasteiger charge is -2.39. The molecule has 22 heteroatoms. The van der Waals surface area contributed by atoms with E-state index in [0.717, 1.165) is 74.2 Å². The van der Waals surface area contributed by atoms with Crippen LogP contribution in [0.15, 0.2) is 84.9 Å². The quantitative estimate of drug-likeness (QED) is 0.0563. The Morgan fingerprint density at radius 3 is 1.38 bits per heavy atom. The number of carbonyl (C=O) groups is 3. The first kappa shape index (κ1) is 50.5. The Balaban J connectivity index is 0.000000205. The lowest BCUT2D eigenvalue weighted by molar-refractivity contribution is -0.275. The van der Waals surface area contributed by atoms with Crippen LogP contribution in [0.3, 0.4) is 0 Å². The molecule has 4 amide bonds. The summed E-state index contributed by atoms with van der Waals surface area (Å²) in [4.78, 5) is 41.0. The van der Waals surface area contributed by atoms with E-state index in [0.29, 0.717) is 12.8 Å². The first-order chi connectivity index (χ1) is 32.6. The molecule has 368 valence electrons. The Hall–Kier alpha value is -6.41. The van der Waals surface area contributed by atoms with E-state index in [1.807, 2.05) is 4.90 Å². The summed E-state index contributed by atoms with van der Waals surface area (Å²) in [5.74, 6) is -2.42. The van der Waals surface area contributed by atoms with Crippen molar-refractivity contribution in [2.45, 2.75) is 100 Å². The van der Waals surface area contributed by atoms with Gasteiger partial charge in [-0.1, -0.05) is 23.2 Å². The summed E-state index contributed by atoms with van der Waals surface area (Å²) < 4.78 is 110. The summed E-state index contributed by atoms with van der Waals surface area (Å²) in [6.07, 6.45) is 1.63. The molecule has 4 fully saturated rings. The third kappa shape index (κ3) is 13.4. The number of hydrogen-bond donors (Lipinski definition) is 5. The van der Waals surface area contributed by atoms with Crippen LogP contribution in [0.1, 0.15) is 62.5 Å². The molecule has 4 bridgehead atoms. The van der Waals surface area contributed by atoms with Crippen molar-refractivity contribution in [1.82, 2.24) is 9.80 Å². The summed E-state index contributed by atoms with van der Waals surface area (Å²) in [6.45, 7) is 0. The second kappa shape index (κ2) is 21.1. The summed E-state index contributed by atoms with van der Waals surface area (Å²) >= 11 is 11.6. The topological polar surface area (TPSA) is 164 Å². The highest BCUT2D eigenvalue weighted by atomic mass is 35.5. The molecule has 0 spiro atoms. The number of halogens is 10. The van der Waals surface area contributed by atoms with Gasteiger partial charge in [0.25, 0.3) is 0 Å². The molecule has 69 heavy (non-hydrogen) atoms. The second-order valence-corrected chi connectivity index (χ2v) is 17.7. The number of urea groups is 1. The van der Waals surface area contributed by atoms with Gasteiger partial charge in [-0.05, 0) is 136 Å². The van der Waals surface area contributed by atoms with Gasteiger partial charge in [-0.2, -0.15) is 0 Å². The van der Waals surface area contributed by atoms with Crippen LogP contribution < -0.4 is 36.9 Å². The fourth-order valence-electron chi connectivity index (χ4n) is 9.45. The maximum absolute atomic E-state index is 13.2. The number of primary amides is 1. The van der Waals surface area contributed by atoms with E-state index in [1.165, 1.54) is 48.6 Å². The highest BCUT2D eigenvalue weighted by Gasteiger charge is 2.44. The van der Waals surface area contributed by atoms with E-state index in [1.54, 1.807) is 29.2 Å². The van der Waals surface area contributed by atoms with Crippen molar-refractivity contribution in [3.8, 4) is 11.5 Å². The second-order valence-electron chi connectivity index (χ2n) is 16.9. The van der Waals surface area contributed by atoms with E-state index in [-0.39, 0.29) is 87.2 Å². The minimum Gasteiger partial charge on any atom is -0.404 e. The Morgan fingerprint density at radius 1 is 0.609 bits per heavy atom. The standard InChI is InChI=1S/C24H23ClF4N4O3.C23H22ClF4N3O2/c25-19-12-20(32-23(30)35)13(9-21(19)36-24(27,28)29)1-8-22(34)33-17-6-7-18(33)11-16(10-17)31-15-4-2-14(26)3-5-15;24-19-12-20(29)13(9-21(19)33-23(26,27)28)1-8-22(32)31-17-6-7-18(31)11-16(10-17)30-15-4-2-14(25)3-5-15/h1-5,8-9,12,16-18,31H,6-7,10-11H2,(H3,30,32,35);1-5,8-9,12,16-18,30H,6-7,10-11,29H2/b2*8-1+/t2*16?,17-,18+. The van der Waals surface area contributed by atoms with E-state index < -0.39 is 35.3 Å². The average Bonchev–Trinajstić information content (AvgIpc) is 3.70. The highest BCUT2D eigenvalue weighted by Crippen LogP contribution is 2.40. The van der Waals surface area contributed by atoms with Gasteiger partial charge < -0.3 is 46.7 Å². The molecule has 7 N–H and O–H groups in total. The number of nitrogen functional groups attached to an aromatic ring is 1. The van der Waals surface area contributed by atoms with Crippen molar-refractivity contribution in [1.29, 1.82) is 0 Å². The smallest absolute Gasteiger partial charge is 0.404 e. The van der Waals surface area contributed by atoms with Gasteiger partial charge in [0.15, 0.2) is 0 Å². The monoisotopic (exact) mass is 1010 g/mol. The molecule has 4 aromatic rings. The molecule has 4 aliphatic rings.